The van der Waals surface area contributed by atoms with Crippen molar-refractivity contribution in [2.45, 2.75) is 39.8 Å². The third kappa shape index (κ3) is 9.20. The van der Waals surface area contributed by atoms with E-state index in [9.17, 15) is 8.42 Å². The molecule has 0 radical (unpaired) electrons. The molecule has 0 saturated carbocycles. The number of guanidine groups is 1. The lowest BCUT2D eigenvalue weighted by Crippen LogP contribution is -2.47. The first-order valence-electron chi connectivity index (χ1n) is 7.79. The van der Waals surface area contributed by atoms with Crippen LogP contribution >= 0.6 is 0 Å². The van der Waals surface area contributed by atoms with Crippen LogP contribution in [0.5, 0.6) is 0 Å². The van der Waals surface area contributed by atoms with Gasteiger partial charge >= 0.3 is 0 Å². The zero-order valence-electron chi connectivity index (χ0n) is 14.4. The highest BCUT2D eigenvalue weighted by Gasteiger charge is 2.13. The summed E-state index contributed by atoms with van der Waals surface area (Å²) in [4.78, 5) is 4.31. The number of nitrogens with one attached hydrogen (secondary N) is 3. The number of aliphatic imine (C=N–C) groups is 1. The number of rotatable bonds is 7. The van der Waals surface area contributed by atoms with Crippen LogP contribution in [-0.4, -0.2) is 38.8 Å². The summed E-state index contributed by atoms with van der Waals surface area (Å²) in [6, 6.07) is 9.44. The van der Waals surface area contributed by atoms with Gasteiger partial charge in [-0.15, -0.1) is 0 Å². The fraction of sp³-hybridized carbons (Fsp3) is 0.562. The number of benzene rings is 1. The van der Waals surface area contributed by atoms with Crippen molar-refractivity contribution in [3.63, 3.8) is 0 Å². The van der Waals surface area contributed by atoms with Crippen molar-refractivity contribution in [3.05, 3.63) is 35.9 Å². The van der Waals surface area contributed by atoms with E-state index in [1.807, 2.05) is 58.0 Å². The Morgan fingerprint density at radius 3 is 2.39 bits per heavy atom. The maximum atomic E-state index is 12.0. The van der Waals surface area contributed by atoms with Gasteiger partial charge in [-0.2, -0.15) is 0 Å². The Bertz CT molecular complexity index is 592. The Balaban J connectivity index is 2.51. The number of sulfonamides is 1. The summed E-state index contributed by atoms with van der Waals surface area (Å²) in [7, 11) is -3.35. The lowest BCUT2D eigenvalue weighted by Gasteiger charge is -2.23. The van der Waals surface area contributed by atoms with Gasteiger partial charge in [-0.1, -0.05) is 30.3 Å². The normalized spacial score (nSPS) is 13.0. The summed E-state index contributed by atoms with van der Waals surface area (Å²) in [5.74, 6) is 0.582. The predicted molar refractivity (Wildman–Crippen MR) is 95.9 cm³/mol. The van der Waals surface area contributed by atoms with E-state index < -0.39 is 10.0 Å². The van der Waals surface area contributed by atoms with E-state index >= 15 is 0 Å². The van der Waals surface area contributed by atoms with Crippen molar-refractivity contribution in [1.29, 1.82) is 0 Å². The summed E-state index contributed by atoms with van der Waals surface area (Å²) < 4.78 is 26.6. The molecule has 0 amide bonds. The van der Waals surface area contributed by atoms with Crippen molar-refractivity contribution in [2.75, 3.05) is 18.8 Å². The van der Waals surface area contributed by atoms with E-state index in [0.29, 0.717) is 12.5 Å². The van der Waals surface area contributed by atoms with Gasteiger partial charge in [0.15, 0.2) is 5.96 Å². The molecule has 0 heterocycles. The van der Waals surface area contributed by atoms with Crippen LogP contribution in [-0.2, 0) is 16.6 Å². The molecule has 0 atom stereocenters. The molecule has 0 spiro atoms. The Morgan fingerprint density at radius 2 is 1.83 bits per heavy atom. The molecule has 0 aliphatic carbocycles. The SMILES string of the molecule is CCNC(=NCCS(=O)(=O)NCc1ccccc1)NC(C)(C)C. The van der Waals surface area contributed by atoms with Crippen LogP contribution in [0, 0.1) is 0 Å². The zero-order valence-corrected chi connectivity index (χ0v) is 15.2. The second-order valence-corrected chi connectivity index (χ2v) is 8.19. The summed E-state index contributed by atoms with van der Waals surface area (Å²) in [6.45, 7) is 9.27. The van der Waals surface area contributed by atoms with Crippen LogP contribution in [0.4, 0.5) is 0 Å². The van der Waals surface area contributed by atoms with Crippen molar-refractivity contribution in [3.8, 4) is 0 Å². The van der Waals surface area contributed by atoms with Crippen LogP contribution in [0.2, 0.25) is 0 Å². The van der Waals surface area contributed by atoms with E-state index in [1.165, 1.54) is 0 Å². The lowest BCUT2D eigenvalue weighted by atomic mass is 10.1. The van der Waals surface area contributed by atoms with Gasteiger partial charge in [0.25, 0.3) is 0 Å². The summed E-state index contributed by atoms with van der Waals surface area (Å²) in [5.41, 5.74) is 0.799. The van der Waals surface area contributed by atoms with E-state index in [0.717, 1.165) is 12.1 Å². The molecule has 0 aliphatic heterocycles. The summed E-state index contributed by atoms with van der Waals surface area (Å²) >= 11 is 0. The predicted octanol–water partition coefficient (Wildman–Crippen LogP) is 1.46. The molecule has 7 heteroatoms. The highest BCUT2D eigenvalue weighted by atomic mass is 32.2. The van der Waals surface area contributed by atoms with Gasteiger partial charge in [0.05, 0.1) is 12.3 Å². The Kier molecular flexibility index (Phi) is 7.51. The van der Waals surface area contributed by atoms with Crippen molar-refractivity contribution in [2.24, 2.45) is 4.99 Å². The van der Waals surface area contributed by atoms with Gasteiger partial charge in [-0.05, 0) is 33.3 Å². The molecule has 0 aliphatic rings. The highest BCUT2D eigenvalue weighted by Crippen LogP contribution is 2.00. The number of hydrogen-bond acceptors (Lipinski definition) is 3. The van der Waals surface area contributed by atoms with Gasteiger partial charge < -0.3 is 10.6 Å². The zero-order chi connectivity index (χ0) is 17.3. The molecule has 130 valence electrons. The van der Waals surface area contributed by atoms with E-state index in [-0.39, 0.29) is 17.8 Å². The first-order valence-corrected chi connectivity index (χ1v) is 9.45. The second-order valence-electron chi connectivity index (χ2n) is 6.26. The Morgan fingerprint density at radius 1 is 1.17 bits per heavy atom. The molecule has 23 heavy (non-hydrogen) atoms. The third-order valence-electron chi connectivity index (χ3n) is 2.81. The van der Waals surface area contributed by atoms with Crippen molar-refractivity contribution >= 4 is 16.0 Å². The molecule has 6 nitrogen and oxygen atoms in total. The quantitative estimate of drug-likeness (QED) is 0.518. The van der Waals surface area contributed by atoms with Gasteiger partial charge in [0.2, 0.25) is 10.0 Å². The summed E-state index contributed by atoms with van der Waals surface area (Å²) in [5, 5.41) is 6.33. The number of nitrogens with zero attached hydrogens (tertiary/aromatic N) is 1. The molecule has 0 aromatic heterocycles. The largest absolute Gasteiger partial charge is 0.357 e. The monoisotopic (exact) mass is 340 g/mol. The van der Waals surface area contributed by atoms with Crippen LogP contribution in [0.1, 0.15) is 33.3 Å². The standard InChI is InChI=1S/C16H28N4O2S/c1-5-17-15(20-16(2,3)4)18-11-12-23(21,22)19-13-14-9-7-6-8-10-14/h6-10,19H,5,11-13H2,1-4H3,(H2,17,18,20). The van der Waals surface area contributed by atoms with Crippen LogP contribution in [0.15, 0.2) is 35.3 Å². The van der Waals surface area contributed by atoms with Crippen LogP contribution in [0.3, 0.4) is 0 Å². The molecule has 1 aromatic carbocycles. The maximum Gasteiger partial charge on any atom is 0.213 e. The van der Waals surface area contributed by atoms with Gasteiger partial charge in [-0.3, -0.25) is 4.99 Å². The minimum atomic E-state index is -3.35. The second kappa shape index (κ2) is 8.88. The average Bonchev–Trinajstić information content (AvgIpc) is 2.45. The fourth-order valence-corrected chi connectivity index (χ4v) is 2.66. The minimum Gasteiger partial charge on any atom is -0.357 e. The molecular weight excluding hydrogens is 312 g/mol. The molecule has 0 bridgehead atoms. The fourth-order valence-electron chi connectivity index (χ4n) is 1.80. The molecule has 0 unspecified atom stereocenters. The van der Waals surface area contributed by atoms with E-state index in [2.05, 4.69) is 20.3 Å². The molecular formula is C16H28N4O2S. The smallest absolute Gasteiger partial charge is 0.213 e. The van der Waals surface area contributed by atoms with Crippen LogP contribution in [0.25, 0.3) is 0 Å². The molecule has 1 rings (SSSR count). The molecule has 1 aromatic rings. The first-order chi connectivity index (χ1) is 10.7. The highest BCUT2D eigenvalue weighted by molar-refractivity contribution is 7.89. The van der Waals surface area contributed by atoms with Crippen LogP contribution < -0.4 is 15.4 Å². The average molecular weight is 340 g/mol. The van der Waals surface area contributed by atoms with Crippen molar-refractivity contribution < 1.29 is 8.42 Å². The third-order valence-corrected chi connectivity index (χ3v) is 4.11. The molecule has 3 N–H and O–H groups in total. The Hall–Kier alpha value is -1.60. The maximum absolute atomic E-state index is 12.0. The first kappa shape index (κ1) is 19.4. The van der Waals surface area contributed by atoms with E-state index in [4.69, 9.17) is 0 Å². The Labute approximate surface area is 139 Å². The molecule has 0 fully saturated rings. The lowest BCUT2D eigenvalue weighted by molar-refractivity contribution is 0.502. The van der Waals surface area contributed by atoms with Crippen molar-refractivity contribution in [1.82, 2.24) is 15.4 Å². The topological polar surface area (TPSA) is 82.6 Å². The number of hydrogen-bond donors (Lipinski definition) is 3. The van der Waals surface area contributed by atoms with Gasteiger partial charge in [0, 0.05) is 18.6 Å². The van der Waals surface area contributed by atoms with E-state index in [1.54, 1.807) is 0 Å². The van der Waals surface area contributed by atoms with Gasteiger partial charge in [0.1, 0.15) is 0 Å². The minimum absolute atomic E-state index is 0.0411. The molecule has 0 saturated heterocycles. The summed E-state index contributed by atoms with van der Waals surface area (Å²) in [6.07, 6.45) is 0. The van der Waals surface area contributed by atoms with Gasteiger partial charge in [-0.25, -0.2) is 13.1 Å².